The normalized spacial score (nSPS) is 20.4. The standard InChI is InChI=1S/C24H40NO2/c1-4-5-6-7-8-14-19-25(2,3)20-22-17-12-13-18-23(22)27-24(26)21-15-10-9-11-16-21/h9-11,15-16,22-23H,4-8,12-14,17-20H2,1-3H3/q+1/t22-,23-/m1/s1. The summed E-state index contributed by atoms with van der Waals surface area (Å²) in [6, 6.07) is 9.42. The number of esters is 1. The first-order valence-electron chi connectivity index (χ1n) is 11.1. The Labute approximate surface area is 166 Å². The van der Waals surface area contributed by atoms with Crippen molar-refractivity contribution in [1.29, 1.82) is 0 Å². The van der Waals surface area contributed by atoms with Crippen LogP contribution in [0.2, 0.25) is 0 Å². The summed E-state index contributed by atoms with van der Waals surface area (Å²) in [6.45, 7) is 4.61. The molecule has 1 aromatic rings. The van der Waals surface area contributed by atoms with Crippen molar-refractivity contribution in [3.63, 3.8) is 0 Å². The number of carbonyl (C=O) groups excluding carboxylic acids is 1. The average Bonchev–Trinajstić information content (AvgIpc) is 2.66. The van der Waals surface area contributed by atoms with E-state index in [0.717, 1.165) is 17.4 Å². The molecule has 3 heteroatoms. The van der Waals surface area contributed by atoms with Crippen LogP contribution in [0, 0.1) is 5.92 Å². The number of nitrogens with zero attached hydrogens (tertiary/aromatic N) is 1. The molecule has 1 fully saturated rings. The van der Waals surface area contributed by atoms with Crippen LogP contribution in [0.25, 0.3) is 0 Å². The second-order valence-electron chi connectivity index (χ2n) is 8.96. The van der Waals surface area contributed by atoms with Crippen molar-refractivity contribution >= 4 is 5.97 Å². The number of hydrogen-bond donors (Lipinski definition) is 0. The van der Waals surface area contributed by atoms with E-state index >= 15 is 0 Å². The van der Waals surface area contributed by atoms with E-state index in [1.165, 1.54) is 64.3 Å². The molecule has 1 aromatic carbocycles. The van der Waals surface area contributed by atoms with E-state index in [-0.39, 0.29) is 12.1 Å². The third-order valence-electron chi connectivity index (χ3n) is 5.95. The molecule has 0 unspecified atom stereocenters. The number of ether oxygens (including phenoxy) is 1. The van der Waals surface area contributed by atoms with Gasteiger partial charge in [-0.1, -0.05) is 57.2 Å². The van der Waals surface area contributed by atoms with E-state index < -0.39 is 0 Å². The van der Waals surface area contributed by atoms with E-state index in [2.05, 4.69) is 21.0 Å². The Morgan fingerprint density at radius 3 is 2.41 bits per heavy atom. The maximum absolute atomic E-state index is 12.5. The first-order valence-corrected chi connectivity index (χ1v) is 11.1. The van der Waals surface area contributed by atoms with Gasteiger partial charge in [0.1, 0.15) is 6.10 Å². The fourth-order valence-electron chi connectivity index (χ4n) is 4.36. The molecule has 152 valence electrons. The topological polar surface area (TPSA) is 26.3 Å². The summed E-state index contributed by atoms with van der Waals surface area (Å²) in [5.41, 5.74) is 0.669. The molecular weight excluding hydrogens is 334 g/mol. The number of quaternary nitrogens is 1. The van der Waals surface area contributed by atoms with Gasteiger partial charge < -0.3 is 9.22 Å². The lowest BCUT2D eigenvalue weighted by atomic mass is 9.85. The highest BCUT2D eigenvalue weighted by atomic mass is 16.5. The van der Waals surface area contributed by atoms with Crippen molar-refractivity contribution in [3.05, 3.63) is 35.9 Å². The van der Waals surface area contributed by atoms with Gasteiger partial charge in [0.05, 0.1) is 32.7 Å². The highest BCUT2D eigenvalue weighted by Gasteiger charge is 2.33. The molecule has 0 heterocycles. The molecule has 1 aliphatic rings. The van der Waals surface area contributed by atoms with E-state index in [1.807, 2.05) is 30.3 Å². The van der Waals surface area contributed by atoms with Crippen LogP contribution in [0.4, 0.5) is 0 Å². The summed E-state index contributed by atoms with van der Waals surface area (Å²) in [4.78, 5) is 12.5. The van der Waals surface area contributed by atoms with Gasteiger partial charge in [0.15, 0.2) is 0 Å². The van der Waals surface area contributed by atoms with Crippen LogP contribution < -0.4 is 0 Å². The summed E-state index contributed by atoms with van der Waals surface area (Å²) < 4.78 is 7.00. The third-order valence-corrected chi connectivity index (χ3v) is 5.95. The van der Waals surface area contributed by atoms with Crippen LogP contribution in [-0.2, 0) is 4.74 Å². The van der Waals surface area contributed by atoms with Crippen molar-refractivity contribution in [2.75, 3.05) is 27.2 Å². The molecule has 0 N–H and O–H groups in total. The van der Waals surface area contributed by atoms with Gasteiger partial charge in [-0.05, 0) is 44.2 Å². The number of benzene rings is 1. The van der Waals surface area contributed by atoms with Crippen LogP contribution in [0.1, 0.15) is 81.5 Å². The smallest absolute Gasteiger partial charge is 0.338 e. The zero-order chi connectivity index (χ0) is 19.5. The molecular formula is C24H40NO2+. The van der Waals surface area contributed by atoms with Crippen LogP contribution in [0.15, 0.2) is 30.3 Å². The molecule has 0 bridgehead atoms. The molecule has 0 aromatic heterocycles. The van der Waals surface area contributed by atoms with E-state index in [0.29, 0.717) is 11.5 Å². The predicted molar refractivity (Wildman–Crippen MR) is 113 cm³/mol. The minimum Gasteiger partial charge on any atom is -0.458 e. The van der Waals surface area contributed by atoms with Gasteiger partial charge in [-0.25, -0.2) is 4.79 Å². The van der Waals surface area contributed by atoms with Crippen LogP contribution in [0.3, 0.4) is 0 Å². The fraction of sp³-hybridized carbons (Fsp3) is 0.708. The lowest BCUT2D eigenvalue weighted by molar-refractivity contribution is -0.894. The molecule has 0 aliphatic heterocycles. The number of hydrogen-bond acceptors (Lipinski definition) is 2. The van der Waals surface area contributed by atoms with Gasteiger partial charge in [-0.3, -0.25) is 0 Å². The number of unbranched alkanes of at least 4 members (excludes halogenated alkanes) is 5. The largest absolute Gasteiger partial charge is 0.458 e. The van der Waals surface area contributed by atoms with Gasteiger partial charge in [-0.2, -0.15) is 0 Å². The van der Waals surface area contributed by atoms with Gasteiger partial charge in [0.25, 0.3) is 0 Å². The van der Waals surface area contributed by atoms with Crippen LogP contribution in [0.5, 0.6) is 0 Å². The molecule has 1 saturated carbocycles. The van der Waals surface area contributed by atoms with Crippen molar-refractivity contribution < 1.29 is 14.0 Å². The van der Waals surface area contributed by atoms with Crippen molar-refractivity contribution in [2.24, 2.45) is 5.92 Å². The van der Waals surface area contributed by atoms with Crippen molar-refractivity contribution in [1.82, 2.24) is 0 Å². The minimum absolute atomic E-state index is 0.0772. The summed E-state index contributed by atoms with van der Waals surface area (Å²) >= 11 is 0. The summed E-state index contributed by atoms with van der Waals surface area (Å²) in [7, 11) is 4.69. The van der Waals surface area contributed by atoms with Gasteiger partial charge in [0, 0.05) is 5.92 Å². The monoisotopic (exact) mass is 374 g/mol. The highest BCUT2D eigenvalue weighted by Crippen LogP contribution is 2.29. The molecule has 0 saturated heterocycles. The minimum atomic E-state index is -0.159. The first-order chi connectivity index (χ1) is 13.0. The van der Waals surface area contributed by atoms with Crippen molar-refractivity contribution in [2.45, 2.75) is 77.2 Å². The second kappa shape index (κ2) is 11.5. The Balaban J connectivity index is 1.82. The Morgan fingerprint density at radius 2 is 1.67 bits per heavy atom. The Kier molecular flexibility index (Phi) is 9.33. The highest BCUT2D eigenvalue weighted by molar-refractivity contribution is 5.89. The second-order valence-corrected chi connectivity index (χ2v) is 8.96. The van der Waals surface area contributed by atoms with Crippen LogP contribution in [-0.4, -0.2) is 43.7 Å². The number of carbonyl (C=O) groups is 1. The molecule has 0 spiro atoms. The van der Waals surface area contributed by atoms with E-state index in [1.54, 1.807) is 0 Å². The Bertz CT molecular complexity index is 541. The summed E-state index contributed by atoms with van der Waals surface area (Å²) in [5, 5.41) is 0. The molecule has 1 aliphatic carbocycles. The van der Waals surface area contributed by atoms with Crippen LogP contribution >= 0.6 is 0 Å². The molecule has 27 heavy (non-hydrogen) atoms. The Morgan fingerprint density at radius 1 is 1.00 bits per heavy atom. The summed E-state index contributed by atoms with van der Waals surface area (Å²) in [6.07, 6.45) is 12.8. The van der Waals surface area contributed by atoms with Gasteiger partial charge >= 0.3 is 5.97 Å². The first kappa shape index (κ1) is 21.9. The SMILES string of the molecule is CCCCCCCC[N+](C)(C)C[C@H]1CCCC[C@H]1OC(=O)c1ccccc1. The average molecular weight is 375 g/mol. The quantitative estimate of drug-likeness (QED) is 0.276. The zero-order valence-electron chi connectivity index (χ0n) is 17.8. The third kappa shape index (κ3) is 8.04. The lowest BCUT2D eigenvalue weighted by Gasteiger charge is -2.38. The maximum atomic E-state index is 12.5. The van der Waals surface area contributed by atoms with E-state index in [4.69, 9.17) is 4.74 Å². The fourth-order valence-corrected chi connectivity index (χ4v) is 4.36. The molecule has 0 radical (unpaired) electrons. The molecule has 3 nitrogen and oxygen atoms in total. The Hall–Kier alpha value is -1.35. The molecule has 2 atom stereocenters. The van der Waals surface area contributed by atoms with Gasteiger partial charge in [-0.15, -0.1) is 0 Å². The molecule has 0 amide bonds. The maximum Gasteiger partial charge on any atom is 0.338 e. The van der Waals surface area contributed by atoms with E-state index in [9.17, 15) is 4.79 Å². The van der Waals surface area contributed by atoms with Gasteiger partial charge in [0.2, 0.25) is 0 Å². The lowest BCUT2D eigenvalue weighted by Crippen LogP contribution is -2.48. The van der Waals surface area contributed by atoms with Crippen molar-refractivity contribution in [3.8, 4) is 0 Å². The molecule has 2 rings (SSSR count). The summed E-state index contributed by atoms with van der Waals surface area (Å²) in [5.74, 6) is 0.329. The predicted octanol–water partition coefficient (Wildman–Crippen LogP) is 5.84. The number of rotatable bonds is 11. The zero-order valence-corrected chi connectivity index (χ0v) is 17.8.